The monoisotopic (exact) mass is 524 g/mol. The normalized spacial score (nSPS) is 12.5. The van der Waals surface area contributed by atoms with E-state index in [1.54, 1.807) is 0 Å². The van der Waals surface area contributed by atoms with Gasteiger partial charge in [0, 0.05) is 28.0 Å². The number of fused-ring (bicyclic) bond motifs is 1. The summed E-state index contributed by atoms with van der Waals surface area (Å²) in [4.78, 5) is 16.0. The predicted octanol–water partition coefficient (Wildman–Crippen LogP) is 6.51. The number of H-pyrrole nitrogens is 1. The Labute approximate surface area is 212 Å². The zero-order chi connectivity index (χ0) is 24.3. The Kier molecular flexibility index (Phi) is 6.53. The lowest BCUT2D eigenvalue weighted by atomic mass is 9.76. The molecular weight excluding hydrogens is 500 g/mol. The molecule has 4 aromatic carbocycles. The lowest BCUT2D eigenvalue weighted by Gasteiger charge is -2.39. The third-order valence-corrected chi connectivity index (χ3v) is 7.13. The Bertz CT molecular complexity index is 1340. The highest BCUT2D eigenvalue weighted by Gasteiger charge is 2.40. The van der Waals surface area contributed by atoms with E-state index in [1.165, 1.54) is 0 Å². The Morgan fingerprint density at radius 3 is 1.80 bits per heavy atom. The van der Waals surface area contributed by atoms with Crippen molar-refractivity contribution in [1.29, 1.82) is 0 Å². The second kappa shape index (κ2) is 9.90. The number of carboxylic acid groups (broad SMARTS) is 1. The van der Waals surface area contributed by atoms with Gasteiger partial charge in [0.2, 0.25) is 0 Å². The van der Waals surface area contributed by atoms with Gasteiger partial charge in [-0.1, -0.05) is 113 Å². The number of hydrogen-bond acceptors (Lipinski definition) is 2. The summed E-state index contributed by atoms with van der Waals surface area (Å²) in [5, 5.41) is 15.0. The van der Waals surface area contributed by atoms with E-state index in [-0.39, 0.29) is 0 Å². The number of halogens is 1. The standard InChI is InChI=1S/C30H25BrN2O2/c31-25-17-10-18-26-28(25)21(20-32-26)19-27(29(34)35)33-30(22-11-4-1-5-12-22,23-13-6-2-7-14-23)24-15-8-3-9-16-24/h1-18,20,27,32-33H,19H2,(H,34,35)/t27-/m1/s1. The fraction of sp³-hybridized carbons (Fsp3) is 0.100. The van der Waals surface area contributed by atoms with E-state index in [0.29, 0.717) is 6.42 Å². The van der Waals surface area contributed by atoms with Gasteiger partial charge >= 0.3 is 5.97 Å². The van der Waals surface area contributed by atoms with Gasteiger partial charge in [-0.2, -0.15) is 0 Å². The lowest BCUT2D eigenvalue weighted by molar-refractivity contribution is -0.139. The number of carboxylic acids is 1. The third kappa shape index (κ3) is 4.41. The molecule has 0 unspecified atom stereocenters. The molecule has 0 aliphatic rings. The summed E-state index contributed by atoms with van der Waals surface area (Å²) in [6.07, 6.45) is 2.22. The molecule has 0 bridgehead atoms. The number of nitrogens with one attached hydrogen (secondary N) is 2. The van der Waals surface area contributed by atoms with Crippen LogP contribution in [-0.2, 0) is 16.8 Å². The van der Waals surface area contributed by atoms with E-state index in [1.807, 2.05) is 115 Å². The summed E-state index contributed by atoms with van der Waals surface area (Å²) in [6, 6.07) is 35.2. The number of hydrogen-bond donors (Lipinski definition) is 3. The van der Waals surface area contributed by atoms with E-state index < -0.39 is 17.6 Å². The molecule has 35 heavy (non-hydrogen) atoms. The molecule has 1 atom stereocenters. The molecule has 5 aromatic rings. The van der Waals surface area contributed by atoms with Gasteiger partial charge in [-0.05, 0) is 34.4 Å². The van der Waals surface area contributed by atoms with Crippen LogP contribution < -0.4 is 5.32 Å². The maximum atomic E-state index is 12.7. The van der Waals surface area contributed by atoms with Crippen molar-refractivity contribution < 1.29 is 9.90 Å². The molecule has 0 aliphatic heterocycles. The first-order valence-electron chi connectivity index (χ1n) is 11.5. The molecule has 5 heteroatoms. The van der Waals surface area contributed by atoms with Crippen LogP contribution in [0.2, 0.25) is 0 Å². The van der Waals surface area contributed by atoms with Crippen molar-refractivity contribution >= 4 is 32.8 Å². The van der Waals surface area contributed by atoms with Gasteiger partial charge in [0.15, 0.2) is 0 Å². The van der Waals surface area contributed by atoms with Crippen LogP contribution in [0, 0.1) is 0 Å². The topological polar surface area (TPSA) is 65.1 Å². The number of aromatic nitrogens is 1. The first-order chi connectivity index (χ1) is 17.1. The number of benzene rings is 4. The predicted molar refractivity (Wildman–Crippen MR) is 143 cm³/mol. The molecule has 0 fully saturated rings. The van der Waals surface area contributed by atoms with Crippen LogP contribution in [0.1, 0.15) is 22.3 Å². The number of rotatable bonds is 8. The molecule has 0 saturated heterocycles. The lowest BCUT2D eigenvalue weighted by Crippen LogP contribution is -2.53. The molecule has 174 valence electrons. The molecule has 5 rings (SSSR count). The van der Waals surface area contributed by atoms with Crippen molar-refractivity contribution in [2.75, 3.05) is 0 Å². The van der Waals surface area contributed by atoms with Gasteiger partial charge in [0.05, 0.1) is 5.54 Å². The number of aliphatic carboxylic acids is 1. The van der Waals surface area contributed by atoms with Crippen molar-refractivity contribution in [2.24, 2.45) is 0 Å². The quantitative estimate of drug-likeness (QED) is 0.203. The van der Waals surface area contributed by atoms with Crippen LogP contribution in [0.3, 0.4) is 0 Å². The summed E-state index contributed by atoms with van der Waals surface area (Å²) in [5.41, 5.74) is 3.97. The molecule has 1 aromatic heterocycles. The van der Waals surface area contributed by atoms with Crippen molar-refractivity contribution in [3.63, 3.8) is 0 Å². The van der Waals surface area contributed by atoms with E-state index in [0.717, 1.165) is 37.6 Å². The van der Waals surface area contributed by atoms with Gasteiger partial charge in [-0.3, -0.25) is 10.1 Å². The average Bonchev–Trinajstić information content (AvgIpc) is 3.32. The zero-order valence-electron chi connectivity index (χ0n) is 19.0. The molecule has 1 heterocycles. The van der Waals surface area contributed by atoms with Crippen LogP contribution >= 0.6 is 15.9 Å². The molecule has 0 aliphatic carbocycles. The van der Waals surface area contributed by atoms with Gasteiger partial charge in [-0.25, -0.2) is 0 Å². The van der Waals surface area contributed by atoms with E-state index in [9.17, 15) is 9.90 Å². The first kappa shape index (κ1) is 23.1. The van der Waals surface area contributed by atoms with Crippen LogP contribution in [0.15, 0.2) is 120 Å². The third-order valence-electron chi connectivity index (χ3n) is 6.47. The molecule has 0 saturated carbocycles. The maximum Gasteiger partial charge on any atom is 0.321 e. The van der Waals surface area contributed by atoms with Crippen molar-refractivity contribution in [3.05, 3.63) is 142 Å². The molecule has 4 nitrogen and oxygen atoms in total. The minimum atomic E-state index is -0.904. The Balaban J connectivity index is 1.68. The Morgan fingerprint density at radius 1 is 0.800 bits per heavy atom. The van der Waals surface area contributed by atoms with Crippen LogP contribution in [0.4, 0.5) is 0 Å². The summed E-state index contributed by atoms with van der Waals surface area (Å²) in [7, 11) is 0. The van der Waals surface area contributed by atoms with Crippen LogP contribution in [-0.4, -0.2) is 22.1 Å². The fourth-order valence-corrected chi connectivity index (χ4v) is 5.49. The Hall–Kier alpha value is -3.67. The molecular formula is C30H25BrN2O2. The SMILES string of the molecule is O=C(O)[C@@H](Cc1c[nH]c2cccc(Br)c12)NC(c1ccccc1)(c1ccccc1)c1ccccc1. The molecule has 0 spiro atoms. The average molecular weight is 525 g/mol. The van der Waals surface area contributed by atoms with Gasteiger partial charge in [0.1, 0.15) is 6.04 Å². The van der Waals surface area contributed by atoms with E-state index >= 15 is 0 Å². The number of aromatic amines is 1. The van der Waals surface area contributed by atoms with Crippen molar-refractivity contribution in [3.8, 4) is 0 Å². The van der Waals surface area contributed by atoms with Gasteiger partial charge in [0.25, 0.3) is 0 Å². The maximum absolute atomic E-state index is 12.7. The molecule has 0 amide bonds. The van der Waals surface area contributed by atoms with Crippen molar-refractivity contribution in [2.45, 2.75) is 18.0 Å². The smallest absolute Gasteiger partial charge is 0.321 e. The fourth-order valence-electron chi connectivity index (χ4n) is 4.86. The minimum Gasteiger partial charge on any atom is -0.480 e. The zero-order valence-corrected chi connectivity index (χ0v) is 20.6. The first-order valence-corrected chi connectivity index (χ1v) is 12.3. The second-order valence-electron chi connectivity index (χ2n) is 8.56. The van der Waals surface area contributed by atoms with Gasteiger partial charge in [-0.15, -0.1) is 0 Å². The highest BCUT2D eigenvalue weighted by Crippen LogP contribution is 2.38. The summed E-state index contributed by atoms with van der Waals surface area (Å²) in [6.45, 7) is 0. The second-order valence-corrected chi connectivity index (χ2v) is 9.42. The molecule has 0 radical (unpaired) electrons. The highest BCUT2D eigenvalue weighted by molar-refractivity contribution is 9.10. The van der Waals surface area contributed by atoms with E-state index in [2.05, 4.69) is 26.2 Å². The molecule has 3 N–H and O–H groups in total. The highest BCUT2D eigenvalue weighted by atomic mass is 79.9. The van der Waals surface area contributed by atoms with Gasteiger partial charge < -0.3 is 10.1 Å². The summed E-state index contributed by atoms with van der Waals surface area (Å²) < 4.78 is 0.941. The van der Waals surface area contributed by atoms with Crippen LogP contribution in [0.25, 0.3) is 10.9 Å². The van der Waals surface area contributed by atoms with E-state index in [4.69, 9.17) is 0 Å². The van der Waals surface area contributed by atoms with Crippen LogP contribution in [0.5, 0.6) is 0 Å². The minimum absolute atomic E-state index is 0.312. The summed E-state index contributed by atoms with van der Waals surface area (Å²) >= 11 is 3.64. The van der Waals surface area contributed by atoms with Crippen molar-refractivity contribution in [1.82, 2.24) is 10.3 Å². The Morgan fingerprint density at radius 2 is 1.31 bits per heavy atom. The largest absolute Gasteiger partial charge is 0.480 e. The summed E-state index contributed by atoms with van der Waals surface area (Å²) in [5.74, 6) is -0.904. The number of carbonyl (C=O) groups is 1.